The Balaban J connectivity index is 2.13. The van der Waals surface area contributed by atoms with Gasteiger partial charge in [-0.3, -0.25) is 4.79 Å². The second-order valence-electron chi connectivity index (χ2n) is 4.93. The molecule has 0 saturated heterocycles. The van der Waals surface area contributed by atoms with Gasteiger partial charge in [-0.2, -0.15) is 0 Å². The van der Waals surface area contributed by atoms with Gasteiger partial charge in [-0.05, 0) is 43.9 Å². The van der Waals surface area contributed by atoms with Crippen LogP contribution < -0.4 is 5.32 Å². The van der Waals surface area contributed by atoms with Gasteiger partial charge >= 0.3 is 0 Å². The minimum Gasteiger partial charge on any atom is -0.394 e. The number of rotatable bonds is 4. The average Bonchev–Trinajstić information content (AvgIpc) is 3.16. The number of aliphatic hydroxyl groups is 1. The number of amides is 1. The number of benzene rings is 1. The standard InChI is InChI=1S/C13H15ClFNO2/c1-13(7-17,9-3-4-9)16-12(18)8-2-5-11(15)10(14)6-8/h2,5-6,9,17H,3-4,7H2,1H3,(H,16,18). The van der Waals surface area contributed by atoms with Crippen LogP contribution in [0.5, 0.6) is 0 Å². The van der Waals surface area contributed by atoms with E-state index in [1.54, 1.807) is 0 Å². The quantitative estimate of drug-likeness (QED) is 0.883. The molecule has 0 radical (unpaired) electrons. The molecule has 1 saturated carbocycles. The Morgan fingerprint density at radius 1 is 1.61 bits per heavy atom. The lowest BCUT2D eigenvalue weighted by Gasteiger charge is -2.28. The molecule has 1 atom stereocenters. The lowest BCUT2D eigenvalue weighted by molar-refractivity contribution is 0.0824. The van der Waals surface area contributed by atoms with Gasteiger partial charge in [-0.15, -0.1) is 0 Å². The molecule has 3 nitrogen and oxygen atoms in total. The smallest absolute Gasteiger partial charge is 0.251 e. The van der Waals surface area contributed by atoms with Crippen LogP contribution in [0, 0.1) is 11.7 Å². The van der Waals surface area contributed by atoms with Gasteiger partial charge in [0.05, 0.1) is 17.2 Å². The normalized spacial score (nSPS) is 18.2. The van der Waals surface area contributed by atoms with Crippen molar-refractivity contribution in [2.24, 2.45) is 5.92 Å². The van der Waals surface area contributed by atoms with Gasteiger partial charge in [0.1, 0.15) is 5.82 Å². The zero-order valence-corrected chi connectivity index (χ0v) is 10.8. The predicted octanol–water partition coefficient (Wildman–Crippen LogP) is 2.37. The van der Waals surface area contributed by atoms with Crippen LogP contribution >= 0.6 is 11.6 Å². The summed E-state index contributed by atoms with van der Waals surface area (Å²) in [5.41, 5.74) is -0.320. The number of nitrogens with one attached hydrogen (secondary N) is 1. The largest absolute Gasteiger partial charge is 0.394 e. The summed E-state index contributed by atoms with van der Waals surface area (Å²) in [5, 5.41) is 12.1. The molecule has 0 heterocycles. The Bertz CT molecular complexity index is 476. The lowest BCUT2D eigenvalue weighted by atomic mass is 9.96. The molecule has 0 spiro atoms. The van der Waals surface area contributed by atoms with Crippen molar-refractivity contribution in [3.63, 3.8) is 0 Å². The Hall–Kier alpha value is -1.13. The Kier molecular flexibility index (Phi) is 3.59. The van der Waals surface area contributed by atoms with Crippen LogP contribution in [0.3, 0.4) is 0 Å². The van der Waals surface area contributed by atoms with E-state index >= 15 is 0 Å². The van der Waals surface area contributed by atoms with E-state index < -0.39 is 11.4 Å². The summed E-state index contributed by atoms with van der Waals surface area (Å²) in [7, 11) is 0. The van der Waals surface area contributed by atoms with Crippen LogP contribution in [0.1, 0.15) is 30.1 Å². The van der Waals surface area contributed by atoms with E-state index in [0.29, 0.717) is 11.5 Å². The molecule has 18 heavy (non-hydrogen) atoms. The lowest BCUT2D eigenvalue weighted by Crippen LogP contribution is -2.50. The molecule has 0 bridgehead atoms. The highest BCUT2D eigenvalue weighted by Crippen LogP contribution is 2.39. The van der Waals surface area contributed by atoms with Gasteiger partial charge < -0.3 is 10.4 Å². The molecule has 1 aliphatic carbocycles. The van der Waals surface area contributed by atoms with Crippen LogP contribution in [0.25, 0.3) is 0 Å². The van der Waals surface area contributed by atoms with Gasteiger partial charge in [0.2, 0.25) is 0 Å². The van der Waals surface area contributed by atoms with E-state index in [-0.39, 0.29) is 17.5 Å². The van der Waals surface area contributed by atoms with Crippen LogP contribution in [0.4, 0.5) is 4.39 Å². The minimum absolute atomic E-state index is 0.0835. The van der Waals surface area contributed by atoms with E-state index in [1.165, 1.54) is 12.1 Å². The number of hydrogen-bond acceptors (Lipinski definition) is 2. The number of aliphatic hydroxyl groups excluding tert-OH is 1. The van der Waals surface area contributed by atoms with Crippen LogP contribution in [-0.2, 0) is 0 Å². The summed E-state index contributed by atoms with van der Waals surface area (Å²) >= 11 is 5.63. The maximum atomic E-state index is 13.0. The minimum atomic E-state index is -0.613. The Labute approximate surface area is 110 Å². The highest BCUT2D eigenvalue weighted by atomic mass is 35.5. The van der Waals surface area contributed by atoms with Crippen molar-refractivity contribution in [2.75, 3.05) is 6.61 Å². The molecule has 98 valence electrons. The van der Waals surface area contributed by atoms with E-state index in [1.807, 2.05) is 6.92 Å². The van der Waals surface area contributed by atoms with Gasteiger partial charge in [0.15, 0.2) is 0 Å². The SMILES string of the molecule is CC(CO)(NC(=O)c1ccc(F)c(Cl)c1)C1CC1. The number of carbonyl (C=O) groups excluding carboxylic acids is 1. The fraction of sp³-hybridized carbons (Fsp3) is 0.462. The maximum absolute atomic E-state index is 13.0. The monoisotopic (exact) mass is 271 g/mol. The van der Waals surface area contributed by atoms with Gasteiger partial charge in [0.25, 0.3) is 5.91 Å². The predicted molar refractivity (Wildman–Crippen MR) is 67.1 cm³/mol. The van der Waals surface area contributed by atoms with Gasteiger partial charge in [-0.25, -0.2) is 4.39 Å². The molecule has 1 amide bonds. The molecule has 5 heteroatoms. The highest BCUT2D eigenvalue weighted by molar-refractivity contribution is 6.31. The van der Waals surface area contributed by atoms with Crippen LogP contribution in [0.2, 0.25) is 5.02 Å². The third-order valence-electron chi connectivity index (χ3n) is 3.39. The fourth-order valence-corrected chi connectivity index (χ4v) is 2.14. The first-order chi connectivity index (χ1) is 8.46. The molecule has 1 fully saturated rings. The average molecular weight is 272 g/mol. The van der Waals surface area contributed by atoms with E-state index in [2.05, 4.69) is 5.32 Å². The molecule has 1 aromatic carbocycles. The number of halogens is 2. The highest BCUT2D eigenvalue weighted by Gasteiger charge is 2.42. The summed E-state index contributed by atoms with van der Waals surface area (Å²) < 4.78 is 13.0. The van der Waals surface area contributed by atoms with Crippen molar-refractivity contribution in [2.45, 2.75) is 25.3 Å². The van der Waals surface area contributed by atoms with Crippen molar-refractivity contribution in [1.29, 1.82) is 0 Å². The third-order valence-corrected chi connectivity index (χ3v) is 3.68. The van der Waals surface area contributed by atoms with Crippen LogP contribution in [0.15, 0.2) is 18.2 Å². The summed E-state index contributed by atoms with van der Waals surface area (Å²) in [4.78, 5) is 12.0. The fourth-order valence-electron chi connectivity index (χ4n) is 1.96. The summed E-state index contributed by atoms with van der Waals surface area (Å²) in [6, 6.07) is 3.82. The van der Waals surface area contributed by atoms with Crippen molar-refractivity contribution >= 4 is 17.5 Å². The zero-order valence-electron chi connectivity index (χ0n) is 10.0. The van der Waals surface area contributed by atoms with Crippen LogP contribution in [-0.4, -0.2) is 23.2 Å². The molecule has 2 rings (SSSR count). The summed E-state index contributed by atoms with van der Waals surface area (Å²) in [6.07, 6.45) is 2.00. The van der Waals surface area contributed by atoms with Gasteiger partial charge in [-0.1, -0.05) is 11.6 Å². The van der Waals surface area contributed by atoms with E-state index in [0.717, 1.165) is 18.9 Å². The molecule has 2 N–H and O–H groups in total. The Morgan fingerprint density at radius 3 is 2.78 bits per heavy atom. The number of hydrogen-bond donors (Lipinski definition) is 2. The maximum Gasteiger partial charge on any atom is 0.251 e. The van der Waals surface area contributed by atoms with Crippen molar-refractivity contribution in [1.82, 2.24) is 5.32 Å². The van der Waals surface area contributed by atoms with E-state index in [9.17, 15) is 14.3 Å². The first-order valence-electron chi connectivity index (χ1n) is 5.85. The Morgan fingerprint density at radius 2 is 2.28 bits per heavy atom. The molecule has 1 unspecified atom stereocenters. The molecule has 0 aliphatic heterocycles. The summed E-state index contributed by atoms with van der Waals surface area (Å²) in [5.74, 6) is -0.594. The zero-order chi connectivity index (χ0) is 13.3. The third kappa shape index (κ3) is 2.65. The van der Waals surface area contributed by atoms with E-state index in [4.69, 9.17) is 11.6 Å². The first-order valence-corrected chi connectivity index (χ1v) is 6.22. The first kappa shape index (κ1) is 13.3. The second kappa shape index (κ2) is 4.86. The molecular formula is C13H15ClFNO2. The molecule has 1 aliphatic rings. The van der Waals surface area contributed by atoms with Crippen molar-refractivity contribution in [3.05, 3.63) is 34.6 Å². The molecular weight excluding hydrogens is 257 g/mol. The van der Waals surface area contributed by atoms with Gasteiger partial charge in [0, 0.05) is 5.56 Å². The van der Waals surface area contributed by atoms with Crippen molar-refractivity contribution < 1.29 is 14.3 Å². The van der Waals surface area contributed by atoms with Crippen molar-refractivity contribution in [3.8, 4) is 0 Å². The topological polar surface area (TPSA) is 49.3 Å². The second-order valence-corrected chi connectivity index (χ2v) is 5.34. The number of carbonyl (C=O) groups is 1. The summed E-state index contributed by atoms with van der Waals surface area (Å²) in [6.45, 7) is 1.70. The molecule has 0 aromatic heterocycles. The molecule has 1 aromatic rings.